The zero-order valence-electron chi connectivity index (χ0n) is 12.6. The van der Waals surface area contributed by atoms with Crippen molar-refractivity contribution >= 4 is 5.91 Å². The number of nitrogens with zero attached hydrogens (tertiary/aromatic N) is 4. The van der Waals surface area contributed by atoms with Gasteiger partial charge in [-0.15, -0.1) is 0 Å². The molecule has 3 rings (SSSR count). The van der Waals surface area contributed by atoms with Crippen LogP contribution in [0.1, 0.15) is 49.8 Å². The predicted molar refractivity (Wildman–Crippen MR) is 76.7 cm³/mol. The van der Waals surface area contributed by atoms with Crippen molar-refractivity contribution in [2.24, 2.45) is 0 Å². The summed E-state index contributed by atoms with van der Waals surface area (Å²) in [5.41, 5.74) is 1.98. The number of hydrogen-bond donors (Lipinski definition) is 0. The van der Waals surface area contributed by atoms with Crippen LogP contribution in [0.15, 0.2) is 23.2 Å². The molecular formula is C15H20N4O2. The molecule has 0 aliphatic carbocycles. The van der Waals surface area contributed by atoms with Gasteiger partial charge in [0.05, 0.1) is 12.2 Å². The van der Waals surface area contributed by atoms with Crippen molar-refractivity contribution in [3.05, 3.63) is 35.7 Å². The fourth-order valence-corrected chi connectivity index (χ4v) is 2.81. The van der Waals surface area contributed by atoms with E-state index in [-0.39, 0.29) is 11.9 Å². The zero-order chi connectivity index (χ0) is 15.0. The molecule has 1 aliphatic heterocycles. The van der Waals surface area contributed by atoms with Gasteiger partial charge in [0.15, 0.2) is 0 Å². The molecule has 0 unspecified atom stereocenters. The molecule has 3 heterocycles. The molecule has 6 nitrogen and oxygen atoms in total. The van der Waals surface area contributed by atoms with Gasteiger partial charge in [-0.1, -0.05) is 19.0 Å². The fraction of sp³-hybridized carbons (Fsp3) is 0.533. The Morgan fingerprint density at radius 2 is 2.19 bits per heavy atom. The molecule has 2 aromatic rings. The summed E-state index contributed by atoms with van der Waals surface area (Å²) in [6.45, 7) is 7.36. The first-order valence-electron chi connectivity index (χ1n) is 7.31. The topological polar surface area (TPSA) is 64.2 Å². The Labute approximate surface area is 123 Å². The molecule has 112 valence electrons. The minimum atomic E-state index is -0.244. The molecule has 0 spiro atoms. The maximum atomic E-state index is 12.7. The van der Waals surface area contributed by atoms with Crippen molar-refractivity contribution in [2.75, 3.05) is 6.54 Å². The largest absolute Gasteiger partial charge is 0.364 e. The van der Waals surface area contributed by atoms with E-state index < -0.39 is 0 Å². The highest BCUT2D eigenvalue weighted by Crippen LogP contribution is 2.23. The normalized spacial score (nSPS) is 16.1. The summed E-state index contributed by atoms with van der Waals surface area (Å²) in [6.07, 6.45) is 6.03. The monoisotopic (exact) mass is 288 g/mol. The molecule has 2 aromatic heterocycles. The van der Waals surface area contributed by atoms with Gasteiger partial charge in [0.1, 0.15) is 18.1 Å². The Morgan fingerprint density at radius 1 is 1.38 bits per heavy atom. The lowest BCUT2D eigenvalue weighted by atomic mass is 10.1. The second-order valence-corrected chi connectivity index (χ2v) is 5.82. The lowest BCUT2D eigenvalue weighted by Gasteiger charge is -2.29. The van der Waals surface area contributed by atoms with Crippen LogP contribution in [-0.2, 0) is 17.8 Å². The molecule has 0 bridgehead atoms. The molecule has 1 atom stereocenters. The third-order valence-corrected chi connectivity index (χ3v) is 4.01. The molecule has 21 heavy (non-hydrogen) atoms. The molecule has 0 fully saturated rings. The summed E-state index contributed by atoms with van der Waals surface area (Å²) in [5, 5.41) is 3.95. The summed E-state index contributed by atoms with van der Waals surface area (Å²) in [4.78, 5) is 19.0. The fourth-order valence-electron chi connectivity index (χ4n) is 2.81. The van der Waals surface area contributed by atoms with E-state index in [4.69, 9.17) is 4.52 Å². The lowest BCUT2D eigenvalue weighted by molar-refractivity contribution is -0.135. The van der Waals surface area contributed by atoms with E-state index in [1.54, 1.807) is 12.5 Å². The smallest absolute Gasteiger partial charge is 0.245 e. The van der Waals surface area contributed by atoms with Crippen LogP contribution < -0.4 is 0 Å². The number of fused-ring (bicyclic) bond motifs is 1. The van der Waals surface area contributed by atoms with Crippen molar-refractivity contribution < 1.29 is 9.32 Å². The highest BCUT2D eigenvalue weighted by atomic mass is 16.5. The Balaban J connectivity index is 1.78. The number of hydrogen-bond acceptors (Lipinski definition) is 4. The quantitative estimate of drug-likeness (QED) is 0.868. The van der Waals surface area contributed by atoms with Gasteiger partial charge in [-0.25, -0.2) is 4.98 Å². The van der Waals surface area contributed by atoms with Crippen LogP contribution in [0.4, 0.5) is 0 Å². The van der Waals surface area contributed by atoms with Gasteiger partial charge >= 0.3 is 0 Å². The SMILES string of the molecule is CC(C)c1nccn1[C@H](C)C(=O)N1CCc2nocc2C1. The van der Waals surface area contributed by atoms with Crippen molar-refractivity contribution in [1.82, 2.24) is 19.6 Å². The highest BCUT2D eigenvalue weighted by Gasteiger charge is 2.28. The van der Waals surface area contributed by atoms with E-state index in [1.807, 2.05) is 22.6 Å². The number of imidazole rings is 1. The van der Waals surface area contributed by atoms with Crippen molar-refractivity contribution in [3.63, 3.8) is 0 Å². The second-order valence-electron chi connectivity index (χ2n) is 5.82. The molecule has 0 saturated carbocycles. The van der Waals surface area contributed by atoms with E-state index >= 15 is 0 Å². The van der Waals surface area contributed by atoms with Crippen LogP contribution in [0, 0.1) is 0 Å². The average molecular weight is 288 g/mol. The third kappa shape index (κ3) is 2.46. The van der Waals surface area contributed by atoms with Crippen LogP contribution in [0.2, 0.25) is 0 Å². The third-order valence-electron chi connectivity index (χ3n) is 4.01. The first-order chi connectivity index (χ1) is 10.1. The predicted octanol–water partition coefficient (Wildman–Crippen LogP) is 2.14. The maximum absolute atomic E-state index is 12.7. The summed E-state index contributed by atoms with van der Waals surface area (Å²) < 4.78 is 6.94. The van der Waals surface area contributed by atoms with Gasteiger partial charge in [0.2, 0.25) is 5.91 Å². The van der Waals surface area contributed by atoms with Gasteiger partial charge in [0, 0.05) is 36.8 Å². The van der Waals surface area contributed by atoms with E-state index in [0.29, 0.717) is 19.0 Å². The van der Waals surface area contributed by atoms with Gasteiger partial charge < -0.3 is 14.0 Å². The number of amides is 1. The van der Waals surface area contributed by atoms with E-state index in [2.05, 4.69) is 24.0 Å². The average Bonchev–Trinajstić information content (AvgIpc) is 3.13. The molecule has 6 heteroatoms. The summed E-state index contributed by atoms with van der Waals surface area (Å²) in [7, 11) is 0. The van der Waals surface area contributed by atoms with E-state index in [0.717, 1.165) is 23.5 Å². The summed E-state index contributed by atoms with van der Waals surface area (Å²) in [6, 6.07) is -0.244. The molecule has 1 aliphatic rings. The van der Waals surface area contributed by atoms with Gasteiger partial charge in [-0.05, 0) is 6.92 Å². The number of carbonyl (C=O) groups is 1. The van der Waals surface area contributed by atoms with Crippen molar-refractivity contribution in [3.8, 4) is 0 Å². The first kappa shape index (κ1) is 13.9. The number of aromatic nitrogens is 3. The van der Waals surface area contributed by atoms with Crippen LogP contribution >= 0.6 is 0 Å². The van der Waals surface area contributed by atoms with Gasteiger partial charge in [-0.2, -0.15) is 0 Å². The Kier molecular flexibility index (Phi) is 3.53. The van der Waals surface area contributed by atoms with Crippen molar-refractivity contribution in [2.45, 2.75) is 45.7 Å². The van der Waals surface area contributed by atoms with Crippen LogP contribution in [-0.4, -0.2) is 32.1 Å². The number of rotatable bonds is 3. The van der Waals surface area contributed by atoms with Crippen LogP contribution in [0.3, 0.4) is 0 Å². The number of carbonyl (C=O) groups excluding carboxylic acids is 1. The highest BCUT2D eigenvalue weighted by molar-refractivity contribution is 5.80. The lowest BCUT2D eigenvalue weighted by Crippen LogP contribution is -2.39. The zero-order valence-corrected chi connectivity index (χ0v) is 12.6. The molecule has 0 saturated heterocycles. The van der Waals surface area contributed by atoms with E-state index in [9.17, 15) is 4.79 Å². The Bertz CT molecular complexity index is 644. The van der Waals surface area contributed by atoms with Crippen LogP contribution in [0.5, 0.6) is 0 Å². The van der Waals surface area contributed by atoms with Crippen molar-refractivity contribution in [1.29, 1.82) is 0 Å². The minimum Gasteiger partial charge on any atom is -0.364 e. The van der Waals surface area contributed by atoms with Gasteiger partial charge in [0.25, 0.3) is 0 Å². The van der Waals surface area contributed by atoms with E-state index in [1.165, 1.54) is 0 Å². The molecule has 0 radical (unpaired) electrons. The second kappa shape index (κ2) is 5.35. The van der Waals surface area contributed by atoms with Gasteiger partial charge in [-0.3, -0.25) is 4.79 Å². The summed E-state index contributed by atoms with van der Waals surface area (Å²) >= 11 is 0. The Hall–Kier alpha value is -2.11. The minimum absolute atomic E-state index is 0.113. The maximum Gasteiger partial charge on any atom is 0.245 e. The summed E-state index contributed by atoms with van der Waals surface area (Å²) in [5.74, 6) is 1.35. The molecule has 0 aromatic carbocycles. The van der Waals surface area contributed by atoms with Crippen LogP contribution in [0.25, 0.3) is 0 Å². The molecule has 1 amide bonds. The molecule has 0 N–H and O–H groups in total. The Morgan fingerprint density at radius 3 is 2.95 bits per heavy atom. The standard InChI is InChI=1S/C15H20N4O2/c1-10(2)14-16-5-7-19(14)11(3)15(20)18-6-4-13-12(8-18)9-21-17-13/h5,7,9-11H,4,6,8H2,1-3H3/t11-/m1/s1. The first-order valence-corrected chi connectivity index (χ1v) is 7.31. The molecular weight excluding hydrogens is 268 g/mol.